The summed E-state index contributed by atoms with van der Waals surface area (Å²) in [6.45, 7) is 6.22. The number of hydrogen-bond donors (Lipinski definition) is 3. The van der Waals surface area contributed by atoms with Crippen molar-refractivity contribution in [1.29, 1.82) is 0 Å². The van der Waals surface area contributed by atoms with E-state index >= 15 is 0 Å². The molecule has 0 saturated carbocycles. The SMILES string of the molecule is CCCC(C)C(=O)N1CC(O)(C(C)NC(=O)c2cc3cnccc3[nH]2)C1. The van der Waals surface area contributed by atoms with Gasteiger partial charge in [-0.3, -0.25) is 14.6 Å². The van der Waals surface area contributed by atoms with Gasteiger partial charge in [-0.1, -0.05) is 20.3 Å². The maximum atomic E-state index is 12.5. The molecule has 0 aliphatic carbocycles. The number of β-amino-alcohol motifs (C(OH)–C–C–N with tert-alkyl or cyclic N) is 1. The highest BCUT2D eigenvalue weighted by Gasteiger charge is 2.48. The lowest BCUT2D eigenvalue weighted by molar-refractivity contribution is -0.163. The van der Waals surface area contributed by atoms with Crippen LogP contribution in [0.1, 0.15) is 44.1 Å². The van der Waals surface area contributed by atoms with E-state index in [2.05, 4.69) is 15.3 Å². The summed E-state index contributed by atoms with van der Waals surface area (Å²) in [4.78, 5) is 33.5. The van der Waals surface area contributed by atoms with E-state index in [1.165, 1.54) is 0 Å². The van der Waals surface area contributed by atoms with Crippen LogP contribution in [0.5, 0.6) is 0 Å². The third kappa shape index (κ3) is 3.44. The molecule has 1 aliphatic heterocycles. The van der Waals surface area contributed by atoms with Crippen molar-refractivity contribution < 1.29 is 14.7 Å². The molecular weight excluding hydrogens is 332 g/mol. The van der Waals surface area contributed by atoms with Gasteiger partial charge in [0, 0.05) is 29.2 Å². The number of pyridine rings is 1. The Morgan fingerprint density at radius 2 is 2.15 bits per heavy atom. The van der Waals surface area contributed by atoms with Crippen LogP contribution in [0.2, 0.25) is 0 Å². The first-order chi connectivity index (χ1) is 12.3. The van der Waals surface area contributed by atoms with Crippen LogP contribution < -0.4 is 5.32 Å². The van der Waals surface area contributed by atoms with Gasteiger partial charge in [0.1, 0.15) is 11.3 Å². The second kappa shape index (κ2) is 7.07. The van der Waals surface area contributed by atoms with Crippen LogP contribution in [-0.4, -0.2) is 56.5 Å². The number of aromatic nitrogens is 2. The summed E-state index contributed by atoms with van der Waals surface area (Å²) in [5.74, 6) is -0.251. The van der Waals surface area contributed by atoms with E-state index in [0.717, 1.165) is 23.7 Å². The molecule has 2 aromatic rings. The van der Waals surface area contributed by atoms with Crippen LogP contribution in [0.4, 0.5) is 0 Å². The predicted molar refractivity (Wildman–Crippen MR) is 98.6 cm³/mol. The smallest absolute Gasteiger partial charge is 0.268 e. The largest absolute Gasteiger partial charge is 0.384 e. The fraction of sp³-hybridized carbons (Fsp3) is 0.526. The predicted octanol–water partition coefficient (Wildman–Crippen LogP) is 1.69. The fourth-order valence-corrected chi connectivity index (χ4v) is 3.42. The Labute approximate surface area is 152 Å². The number of amides is 2. The zero-order chi connectivity index (χ0) is 18.9. The van der Waals surface area contributed by atoms with Gasteiger partial charge in [-0.15, -0.1) is 0 Å². The van der Waals surface area contributed by atoms with Crippen molar-refractivity contribution >= 4 is 22.7 Å². The Hall–Kier alpha value is -2.41. The topological polar surface area (TPSA) is 98.3 Å². The zero-order valence-electron chi connectivity index (χ0n) is 15.5. The molecule has 26 heavy (non-hydrogen) atoms. The molecule has 3 heterocycles. The van der Waals surface area contributed by atoms with Gasteiger partial charge in [0.2, 0.25) is 5.91 Å². The second-order valence-electron chi connectivity index (χ2n) is 7.33. The fourth-order valence-electron chi connectivity index (χ4n) is 3.42. The summed E-state index contributed by atoms with van der Waals surface area (Å²) in [6.07, 6.45) is 5.14. The molecule has 3 rings (SSSR count). The lowest BCUT2D eigenvalue weighted by Gasteiger charge is -2.50. The van der Waals surface area contributed by atoms with Gasteiger partial charge in [0.25, 0.3) is 5.91 Å². The molecule has 0 spiro atoms. The average molecular weight is 358 g/mol. The summed E-state index contributed by atoms with van der Waals surface area (Å²) in [6, 6.07) is 3.07. The number of likely N-dealkylation sites (tertiary alicyclic amines) is 1. The normalized spacial score (nSPS) is 18.2. The summed E-state index contributed by atoms with van der Waals surface area (Å²) >= 11 is 0. The molecule has 140 valence electrons. The van der Waals surface area contributed by atoms with Crippen molar-refractivity contribution in [2.45, 2.75) is 45.3 Å². The Kier molecular flexibility index (Phi) is 5.00. The van der Waals surface area contributed by atoms with E-state index in [4.69, 9.17) is 0 Å². The highest BCUT2D eigenvalue weighted by molar-refractivity contribution is 5.98. The Morgan fingerprint density at radius 1 is 1.42 bits per heavy atom. The number of aromatic amines is 1. The third-order valence-corrected chi connectivity index (χ3v) is 5.20. The van der Waals surface area contributed by atoms with Crippen molar-refractivity contribution in [3.05, 3.63) is 30.2 Å². The summed E-state index contributed by atoms with van der Waals surface area (Å²) in [5.41, 5.74) is 0.166. The maximum absolute atomic E-state index is 12.5. The van der Waals surface area contributed by atoms with E-state index in [9.17, 15) is 14.7 Å². The van der Waals surface area contributed by atoms with Crippen LogP contribution >= 0.6 is 0 Å². The number of carbonyl (C=O) groups is 2. The molecule has 1 aliphatic rings. The highest BCUT2D eigenvalue weighted by Crippen LogP contribution is 2.27. The molecule has 0 bridgehead atoms. The lowest BCUT2D eigenvalue weighted by Crippen LogP contribution is -2.71. The molecule has 1 saturated heterocycles. The molecule has 1 fully saturated rings. The minimum Gasteiger partial charge on any atom is -0.384 e. The molecule has 7 nitrogen and oxygen atoms in total. The van der Waals surface area contributed by atoms with Crippen LogP contribution in [0, 0.1) is 5.92 Å². The zero-order valence-corrected chi connectivity index (χ0v) is 15.5. The highest BCUT2D eigenvalue weighted by atomic mass is 16.3. The number of carbonyl (C=O) groups excluding carboxylic acids is 2. The molecule has 7 heteroatoms. The third-order valence-electron chi connectivity index (χ3n) is 5.20. The van der Waals surface area contributed by atoms with Crippen molar-refractivity contribution in [2.75, 3.05) is 13.1 Å². The van der Waals surface area contributed by atoms with Gasteiger partial charge in [0.05, 0.1) is 19.1 Å². The minimum absolute atomic E-state index is 0.0330. The number of fused-ring (bicyclic) bond motifs is 1. The quantitative estimate of drug-likeness (QED) is 0.732. The summed E-state index contributed by atoms with van der Waals surface area (Å²) in [5, 5.41) is 14.4. The second-order valence-corrected chi connectivity index (χ2v) is 7.33. The van der Waals surface area contributed by atoms with Gasteiger partial charge in [0.15, 0.2) is 0 Å². The summed E-state index contributed by atoms with van der Waals surface area (Å²) in [7, 11) is 0. The van der Waals surface area contributed by atoms with Gasteiger partial charge < -0.3 is 20.3 Å². The Balaban J connectivity index is 1.59. The van der Waals surface area contributed by atoms with Crippen molar-refractivity contribution in [2.24, 2.45) is 5.92 Å². The van der Waals surface area contributed by atoms with Crippen LogP contribution in [0.15, 0.2) is 24.5 Å². The van der Waals surface area contributed by atoms with E-state index in [0.29, 0.717) is 5.69 Å². The van der Waals surface area contributed by atoms with Crippen molar-refractivity contribution in [1.82, 2.24) is 20.2 Å². The van der Waals surface area contributed by atoms with Crippen LogP contribution in [-0.2, 0) is 4.79 Å². The van der Waals surface area contributed by atoms with Crippen molar-refractivity contribution in [3.63, 3.8) is 0 Å². The monoisotopic (exact) mass is 358 g/mol. The first kappa shape index (κ1) is 18.4. The number of rotatable bonds is 6. The first-order valence-electron chi connectivity index (χ1n) is 9.09. The van der Waals surface area contributed by atoms with Crippen LogP contribution in [0.3, 0.4) is 0 Å². The number of nitrogens with one attached hydrogen (secondary N) is 2. The van der Waals surface area contributed by atoms with Gasteiger partial charge in [-0.2, -0.15) is 0 Å². The molecule has 2 amide bonds. The van der Waals surface area contributed by atoms with E-state index in [-0.39, 0.29) is 30.8 Å². The number of nitrogens with zero attached hydrogens (tertiary/aromatic N) is 2. The Bertz CT molecular complexity index is 777. The standard InChI is InChI=1S/C19H26N4O3/c1-4-5-12(2)18(25)23-10-19(26,11-23)13(3)21-17(24)16-8-14-9-20-7-6-15(14)22-16/h6-9,12-13,22,26H,4-5,10-11H2,1-3H3,(H,21,24). The molecular formula is C19H26N4O3. The molecule has 2 atom stereocenters. The van der Waals surface area contributed by atoms with Crippen LogP contribution in [0.25, 0.3) is 10.9 Å². The number of hydrogen-bond acceptors (Lipinski definition) is 4. The maximum Gasteiger partial charge on any atom is 0.268 e. The molecule has 0 radical (unpaired) electrons. The first-order valence-corrected chi connectivity index (χ1v) is 9.09. The number of H-pyrrole nitrogens is 1. The Morgan fingerprint density at radius 3 is 2.81 bits per heavy atom. The van der Waals surface area contributed by atoms with Gasteiger partial charge in [-0.05, 0) is 25.5 Å². The molecule has 3 N–H and O–H groups in total. The molecule has 0 aromatic carbocycles. The van der Waals surface area contributed by atoms with Gasteiger partial charge >= 0.3 is 0 Å². The molecule has 2 unspecified atom stereocenters. The van der Waals surface area contributed by atoms with Crippen molar-refractivity contribution in [3.8, 4) is 0 Å². The number of aliphatic hydroxyl groups is 1. The molecule has 2 aromatic heterocycles. The van der Waals surface area contributed by atoms with Gasteiger partial charge in [-0.25, -0.2) is 0 Å². The summed E-state index contributed by atoms with van der Waals surface area (Å²) < 4.78 is 0. The lowest BCUT2D eigenvalue weighted by atomic mass is 9.85. The minimum atomic E-state index is -1.09. The van der Waals surface area contributed by atoms with E-state index < -0.39 is 11.6 Å². The van der Waals surface area contributed by atoms with E-state index in [1.54, 1.807) is 36.4 Å². The average Bonchev–Trinajstić information content (AvgIpc) is 3.02. The van der Waals surface area contributed by atoms with E-state index in [1.807, 2.05) is 13.8 Å².